The quantitative estimate of drug-likeness (QED) is 0.580. The van der Waals surface area contributed by atoms with Gasteiger partial charge in [0.25, 0.3) is 0 Å². The van der Waals surface area contributed by atoms with Crippen molar-refractivity contribution >= 4 is 11.8 Å². The standard InChI is InChI=1S/C12H13FO3/c1-3-16-12(15)11(8(2)14)9-6-4-5-7-10(9)13/h4-7,11H,3H2,1-2H3. The van der Waals surface area contributed by atoms with Gasteiger partial charge in [0.1, 0.15) is 17.5 Å². The summed E-state index contributed by atoms with van der Waals surface area (Å²) >= 11 is 0. The van der Waals surface area contributed by atoms with Crippen molar-refractivity contribution in [1.29, 1.82) is 0 Å². The number of carbonyl (C=O) groups excluding carboxylic acids is 2. The Balaban J connectivity index is 3.08. The van der Waals surface area contributed by atoms with Crippen molar-refractivity contribution in [2.75, 3.05) is 6.61 Å². The second-order valence-electron chi connectivity index (χ2n) is 3.32. The summed E-state index contributed by atoms with van der Waals surface area (Å²) in [6, 6.07) is 5.71. The number of Topliss-reactive ketones (excluding diaryl/α,β-unsaturated/α-hetero) is 1. The fourth-order valence-corrected chi connectivity index (χ4v) is 1.45. The number of hydrogen-bond donors (Lipinski definition) is 0. The zero-order valence-corrected chi connectivity index (χ0v) is 9.20. The summed E-state index contributed by atoms with van der Waals surface area (Å²) in [5, 5.41) is 0. The van der Waals surface area contributed by atoms with Crippen molar-refractivity contribution < 1.29 is 18.7 Å². The van der Waals surface area contributed by atoms with Gasteiger partial charge in [0.05, 0.1) is 6.61 Å². The first-order valence-electron chi connectivity index (χ1n) is 4.99. The Hall–Kier alpha value is -1.71. The third kappa shape index (κ3) is 2.66. The Morgan fingerprint density at radius 3 is 2.50 bits per heavy atom. The highest BCUT2D eigenvalue weighted by atomic mass is 19.1. The van der Waals surface area contributed by atoms with Gasteiger partial charge in [-0.2, -0.15) is 0 Å². The summed E-state index contributed by atoms with van der Waals surface area (Å²) in [6.45, 7) is 3.04. The van der Waals surface area contributed by atoms with E-state index in [9.17, 15) is 14.0 Å². The van der Waals surface area contributed by atoms with E-state index < -0.39 is 23.5 Å². The molecule has 0 spiro atoms. The minimum absolute atomic E-state index is 0.0634. The summed E-state index contributed by atoms with van der Waals surface area (Å²) in [6.07, 6.45) is 0. The third-order valence-electron chi connectivity index (χ3n) is 2.15. The van der Waals surface area contributed by atoms with Crippen LogP contribution in [0.2, 0.25) is 0 Å². The zero-order chi connectivity index (χ0) is 12.1. The number of esters is 1. The number of ketones is 1. The number of benzene rings is 1. The van der Waals surface area contributed by atoms with Crippen LogP contribution in [0.4, 0.5) is 4.39 Å². The second-order valence-corrected chi connectivity index (χ2v) is 3.32. The Morgan fingerprint density at radius 2 is 2.00 bits per heavy atom. The third-order valence-corrected chi connectivity index (χ3v) is 2.15. The molecule has 4 heteroatoms. The Labute approximate surface area is 93.2 Å². The number of hydrogen-bond acceptors (Lipinski definition) is 3. The van der Waals surface area contributed by atoms with Crippen LogP contribution in [0.1, 0.15) is 25.3 Å². The highest BCUT2D eigenvalue weighted by Gasteiger charge is 2.28. The highest BCUT2D eigenvalue weighted by Crippen LogP contribution is 2.21. The van der Waals surface area contributed by atoms with Crippen molar-refractivity contribution in [3.63, 3.8) is 0 Å². The lowest BCUT2D eigenvalue weighted by molar-refractivity contribution is -0.147. The van der Waals surface area contributed by atoms with Gasteiger partial charge in [-0.05, 0) is 19.9 Å². The molecule has 1 rings (SSSR count). The lowest BCUT2D eigenvalue weighted by Crippen LogP contribution is -2.23. The van der Waals surface area contributed by atoms with Crippen molar-refractivity contribution in [2.24, 2.45) is 0 Å². The van der Waals surface area contributed by atoms with Gasteiger partial charge in [0.15, 0.2) is 0 Å². The van der Waals surface area contributed by atoms with E-state index in [1.165, 1.54) is 25.1 Å². The Morgan fingerprint density at radius 1 is 1.38 bits per heavy atom. The summed E-state index contributed by atoms with van der Waals surface area (Å²) in [4.78, 5) is 22.9. The molecule has 0 radical (unpaired) electrons. The molecule has 16 heavy (non-hydrogen) atoms. The van der Waals surface area contributed by atoms with Gasteiger partial charge in [0, 0.05) is 5.56 Å². The van der Waals surface area contributed by atoms with Crippen molar-refractivity contribution in [3.05, 3.63) is 35.6 Å². The molecule has 0 aliphatic carbocycles. The smallest absolute Gasteiger partial charge is 0.321 e. The van der Waals surface area contributed by atoms with Gasteiger partial charge in [-0.15, -0.1) is 0 Å². The van der Waals surface area contributed by atoms with Crippen LogP contribution in [-0.2, 0) is 14.3 Å². The van der Waals surface area contributed by atoms with Crippen LogP contribution in [0.3, 0.4) is 0 Å². The SMILES string of the molecule is CCOC(=O)C(C(C)=O)c1ccccc1F. The van der Waals surface area contributed by atoms with Gasteiger partial charge in [-0.3, -0.25) is 9.59 Å². The molecule has 0 fully saturated rings. The van der Waals surface area contributed by atoms with Crippen LogP contribution in [0.25, 0.3) is 0 Å². The van der Waals surface area contributed by atoms with Crippen molar-refractivity contribution in [1.82, 2.24) is 0 Å². The van der Waals surface area contributed by atoms with Crippen LogP contribution < -0.4 is 0 Å². The molecule has 0 saturated carbocycles. The molecule has 0 aliphatic rings. The summed E-state index contributed by atoms with van der Waals surface area (Å²) in [7, 11) is 0. The van der Waals surface area contributed by atoms with Gasteiger partial charge in [0.2, 0.25) is 0 Å². The average molecular weight is 224 g/mol. The van der Waals surface area contributed by atoms with Crippen LogP contribution in [-0.4, -0.2) is 18.4 Å². The molecule has 1 aromatic carbocycles. The normalized spacial score (nSPS) is 11.9. The van der Waals surface area contributed by atoms with Crippen LogP contribution >= 0.6 is 0 Å². The summed E-state index contributed by atoms with van der Waals surface area (Å²) < 4.78 is 18.2. The van der Waals surface area contributed by atoms with Crippen molar-refractivity contribution in [2.45, 2.75) is 19.8 Å². The molecule has 1 unspecified atom stereocenters. The van der Waals surface area contributed by atoms with E-state index in [-0.39, 0.29) is 12.2 Å². The monoisotopic (exact) mass is 224 g/mol. The van der Waals surface area contributed by atoms with Crippen LogP contribution in [0, 0.1) is 5.82 Å². The number of halogens is 1. The topological polar surface area (TPSA) is 43.4 Å². The largest absolute Gasteiger partial charge is 0.465 e. The zero-order valence-electron chi connectivity index (χ0n) is 9.20. The summed E-state index contributed by atoms with van der Waals surface area (Å²) in [5.41, 5.74) is 0.0634. The summed E-state index contributed by atoms with van der Waals surface area (Å²) in [5.74, 6) is -2.87. The maximum absolute atomic E-state index is 13.4. The van der Waals surface area contributed by atoms with Gasteiger partial charge < -0.3 is 4.74 Å². The maximum Gasteiger partial charge on any atom is 0.321 e. The van der Waals surface area contributed by atoms with Gasteiger partial charge in [-0.25, -0.2) is 4.39 Å². The Bertz CT molecular complexity index is 401. The second kappa shape index (κ2) is 5.39. The molecule has 0 aromatic heterocycles. The van der Waals surface area contributed by atoms with Crippen molar-refractivity contribution in [3.8, 4) is 0 Å². The number of rotatable bonds is 4. The van der Waals surface area contributed by atoms with E-state index >= 15 is 0 Å². The molecule has 3 nitrogen and oxygen atoms in total. The van der Waals surface area contributed by atoms with E-state index in [1.807, 2.05) is 0 Å². The van der Waals surface area contributed by atoms with E-state index in [4.69, 9.17) is 4.74 Å². The fraction of sp³-hybridized carbons (Fsp3) is 0.333. The average Bonchev–Trinajstić information content (AvgIpc) is 2.21. The molecule has 1 aromatic rings. The fourth-order valence-electron chi connectivity index (χ4n) is 1.45. The van der Waals surface area contributed by atoms with E-state index in [0.717, 1.165) is 0 Å². The molecular formula is C12H13FO3. The van der Waals surface area contributed by atoms with Crippen LogP contribution in [0.15, 0.2) is 24.3 Å². The van der Waals surface area contributed by atoms with E-state index in [1.54, 1.807) is 13.0 Å². The Kier molecular flexibility index (Phi) is 4.17. The molecule has 1 atom stereocenters. The van der Waals surface area contributed by atoms with E-state index in [0.29, 0.717) is 0 Å². The minimum atomic E-state index is -1.17. The first-order valence-corrected chi connectivity index (χ1v) is 4.99. The molecule has 0 bridgehead atoms. The lowest BCUT2D eigenvalue weighted by atomic mass is 9.95. The van der Waals surface area contributed by atoms with Gasteiger partial charge >= 0.3 is 5.97 Å². The van der Waals surface area contributed by atoms with Crippen LogP contribution in [0.5, 0.6) is 0 Å². The highest BCUT2D eigenvalue weighted by molar-refractivity contribution is 6.03. The molecule has 0 amide bonds. The predicted octanol–water partition coefficient (Wildman–Crippen LogP) is 2.06. The molecule has 0 saturated heterocycles. The molecule has 0 aliphatic heterocycles. The molecule has 0 heterocycles. The minimum Gasteiger partial charge on any atom is -0.465 e. The number of ether oxygens (including phenoxy) is 1. The first-order chi connectivity index (χ1) is 7.57. The molecule has 0 N–H and O–H groups in total. The van der Waals surface area contributed by atoms with Gasteiger partial charge in [-0.1, -0.05) is 18.2 Å². The maximum atomic E-state index is 13.4. The predicted molar refractivity (Wildman–Crippen MR) is 56.5 cm³/mol. The molecule has 86 valence electrons. The number of carbonyl (C=O) groups is 2. The lowest BCUT2D eigenvalue weighted by Gasteiger charge is -2.13. The van der Waals surface area contributed by atoms with E-state index in [2.05, 4.69) is 0 Å². The first kappa shape index (κ1) is 12.4. The molecular weight excluding hydrogens is 211 g/mol.